The van der Waals surface area contributed by atoms with Gasteiger partial charge in [0.05, 0.1) is 0 Å². The average Bonchev–Trinajstić information content (AvgIpc) is 2.58. The Hall–Kier alpha value is -2.12. The molecule has 0 spiro atoms. The lowest BCUT2D eigenvalue weighted by Gasteiger charge is -2.32. The number of amides is 1. The van der Waals surface area contributed by atoms with Gasteiger partial charge in [-0.2, -0.15) is 0 Å². The summed E-state index contributed by atoms with van der Waals surface area (Å²) in [6.45, 7) is 8.23. The van der Waals surface area contributed by atoms with Gasteiger partial charge in [0.25, 0.3) is 0 Å². The normalized spacial score (nSPS) is 16.8. The minimum Gasteiger partial charge on any atom is -0.459 e. The predicted molar refractivity (Wildman–Crippen MR) is 98.5 cm³/mol. The van der Waals surface area contributed by atoms with E-state index < -0.39 is 23.7 Å². The third-order valence-corrected chi connectivity index (χ3v) is 4.02. The summed E-state index contributed by atoms with van der Waals surface area (Å²) in [5.74, 6) is -0.451. The van der Waals surface area contributed by atoms with E-state index in [1.165, 1.54) is 0 Å². The summed E-state index contributed by atoms with van der Waals surface area (Å²) in [6.07, 6.45) is -0.106. The zero-order valence-corrected chi connectivity index (χ0v) is 16.0. The highest BCUT2D eigenvalue weighted by Crippen LogP contribution is 2.12. The van der Waals surface area contributed by atoms with E-state index >= 15 is 0 Å². The lowest BCUT2D eigenvalue weighted by atomic mass is 10.1. The van der Waals surface area contributed by atoms with Gasteiger partial charge < -0.3 is 19.4 Å². The van der Waals surface area contributed by atoms with Crippen LogP contribution in [0.1, 0.15) is 26.3 Å². The fraction of sp³-hybridized carbons (Fsp3) is 0.579. The summed E-state index contributed by atoms with van der Waals surface area (Å²) in [6, 6.07) is 8.78. The van der Waals surface area contributed by atoms with E-state index in [1.807, 2.05) is 37.4 Å². The van der Waals surface area contributed by atoms with E-state index in [1.54, 1.807) is 25.7 Å². The van der Waals surface area contributed by atoms with Crippen LogP contribution in [0.15, 0.2) is 30.3 Å². The molecule has 0 bridgehead atoms. The van der Waals surface area contributed by atoms with Crippen LogP contribution in [-0.4, -0.2) is 66.7 Å². The molecule has 0 aliphatic carbocycles. The van der Waals surface area contributed by atoms with E-state index in [4.69, 9.17) is 9.57 Å². The van der Waals surface area contributed by atoms with Crippen LogP contribution in [0.5, 0.6) is 0 Å². The van der Waals surface area contributed by atoms with E-state index in [2.05, 4.69) is 10.4 Å². The largest absolute Gasteiger partial charge is 0.459 e. The molecule has 2 rings (SSSR count). The molecule has 0 aromatic heterocycles. The molecule has 7 nitrogen and oxygen atoms in total. The number of nitrogens with one attached hydrogen (secondary N) is 1. The molecule has 1 saturated heterocycles. The molecule has 0 radical (unpaired) electrons. The first kappa shape index (κ1) is 20.2. The SMILES string of the molecule is CN1CCN(C(=O)ON[C@@H](Cc2ccccc2)C(=O)OC(C)(C)C)CC1. The van der Waals surface area contributed by atoms with Gasteiger partial charge in [0.2, 0.25) is 0 Å². The first-order valence-electron chi connectivity index (χ1n) is 8.91. The number of carbonyl (C=O) groups is 2. The second kappa shape index (κ2) is 9.00. The molecule has 1 fully saturated rings. The average molecular weight is 363 g/mol. The number of piperazine rings is 1. The van der Waals surface area contributed by atoms with Crippen molar-refractivity contribution in [2.45, 2.75) is 38.8 Å². The maximum atomic E-state index is 12.5. The van der Waals surface area contributed by atoms with Crippen LogP contribution >= 0.6 is 0 Å². The van der Waals surface area contributed by atoms with E-state index in [0.29, 0.717) is 19.5 Å². The molecule has 0 unspecified atom stereocenters. The Bertz CT molecular complexity index is 593. The molecule has 144 valence electrons. The molecular weight excluding hydrogens is 334 g/mol. The highest BCUT2D eigenvalue weighted by molar-refractivity contribution is 5.77. The lowest BCUT2D eigenvalue weighted by molar-refractivity contribution is -0.160. The van der Waals surface area contributed by atoms with Crippen LogP contribution in [0.2, 0.25) is 0 Å². The van der Waals surface area contributed by atoms with Crippen molar-refractivity contribution >= 4 is 12.1 Å². The molecule has 7 heteroatoms. The number of carbonyl (C=O) groups excluding carboxylic acids is 2. The highest BCUT2D eigenvalue weighted by atomic mass is 16.7. The van der Waals surface area contributed by atoms with Gasteiger partial charge in [0.15, 0.2) is 0 Å². The molecule has 1 aliphatic rings. The van der Waals surface area contributed by atoms with Gasteiger partial charge in [-0.05, 0) is 33.4 Å². The zero-order valence-electron chi connectivity index (χ0n) is 16.0. The zero-order chi connectivity index (χ0) is 19.2. The van der Waals surface area contributed by atoms with E-state index in [9.17, 15) is 9.59 Å². The minimum atomic E-state index is -0.770. The van der Waals surface area contributed by atoms with Gasteiger partial charge >= 0.3 is 12.1 Å². The standard InChI is InChI=1S/C19H29N3O4/c1-19(2,3)25-17(23)16(14-15-8-6-5-7-9-15)20-26-18(24)22-12-10-21(4)11-13-22/h5-9,16,20H,10-14H2,1-4H3/t16-/m0/s1. The lowest BCUT2D eigenvalue weighted by Crippen LogP contribution is -2.50. The van der Waals surface area contributed by atoms with Crippen LogP contribution in [-0.2, 0) is 20.8 Å². The molecule has 0 saturated carbocycles. The number of hydrogen-bond donors (Lipinski definition) is 1. The van der Waals surface area contributed by atoms with Gasteiger partial charge in [0.1, 0.15) is 11.6 Å². The molecule has 26 heavy (non-hydrogen) atoms. The van der Waals surface area contributed by atoms with Gasteiger partial charge in [-0.1, -0.05) is 30.3 Å². The monoisotopic (exact) mass is 363 g/mol. The van der Waals surface area contributed by atoms with Gasteiger partial charge in [-0.3, -0.25) is 4.79 Å². The van der Waals surface area contributed by atoms with Crippen molar-refractivity contribution in [2.24, 2.45) is 0 Å². The third kappa shape index (κ3) is 6.65. The predicted octanol–water partition coefficient (Wildman–Crippen LogP) is 1.83. The van der Waals surface area contributed by atoms with Crippen molar-refractivity contribution in [1.29, 1.82) is 0 Å². The fourth-order valence-electron chi connectivity index (χ4n) is 2.57. The number of esters is 1. The second-order valence-electron chi connectivity index (χ2n) is 7.55. The van der Waals surface area contributed by atoms with Crippen LogP contribution in [0.3, 0.4) is 0 Å². The van der Waals surface area contributed by atoms with Crippen LogP contribution in [0.25, 0.3) is 0 Å². The van der Waals surface area contributed by atoms with Crippen molar-refractivity contribution in [3.05, 3.63) is 35.9 Å². The Morgan fingerprint density at radius 1 is 1.12 bits per heavy atom. The van der Waals surface area contributed by atoms with E-state index in [0.717, 1.165) is 18.7 Å². The van der Waals surface area contributed by atoms with Gasteiger partial charge in [0, 0.05) is 32.6 Å². The quantitative estimate of drug-likeness (QED) is 0.636. The highest BCUT2D eigenvalue weighted by Gasteiger charge is 2.28. The molecule has 1 amide bonds. The van der Waals surface area contributed by atoms with Crippen molar-refractivity contribution in [3.8, 4) is 0 Å². The molecular formula is C19H29N3O4. The summed E-state index contributed by atoms with van der Waals surface area (Å²) in [5.41, 5.74) is 2.95. The molecule has 1 aromatic carbocycles. The number of hydrogen-bond acceptors (Lipinski definition) is 6. The maximum Gasteiger partial charge on any atom is 0.428 e. The van der Waals surface area contributed by atoms with Crippen molar-refractivity contribution < 1.29 is 19.2 Å². The van der Waals surface area contributed by atoms with E-state index in [-0.39, 0.29) is 0 Å². The molecule has 1 aromatic rings. The Labute approximate surface area is 155 Å². The summed E-state index contributed by atoms with van der Waals surface area (Å²) < 4.78 is 5.45. The van der Waals surface area contributed by atoms with Gasteiger partial charge in [-0.15, -0.1) is 5.48 Å². The molecule has 1 heterocycles. The fourth-order valence-corrected chi connectivity index (χ4v) is 2.57. The van der Waals surface area contributed by atoms with Crippen LogP contribution in [0.4, 0.5) is 4.79 Å². The number of likely N-dealkylation sites (N-methyl/N-ethyl adjacent to an activating group) is 1. The topological polar surface area (TPSA) is 71.1 Å². The Kier molecular flexibility index (Phi) is 6.99. The van der Waals surface area contributed by atoms with Crippen molar-refractivity contribution in [1.82, 2.24) is 15.3 Å². The summed E-state index contributed by atoms with van der Waals surface area (Å²) in [4.78, 5) is 33.7. The van der Waals surface area contributed by atoms with Crippen molar-refractivity contribution in [2.75, 3.05) is 33.2 Å². The first-order chi connectivity index (χ1) is 12.2. The Balaban J connectivity index is 1.96. The third-order valence-electron chi connectivity index (χ3n) is 4.02. The smallest absolute Gasteiger partial charge is 0.428 e. The number of benzene rings is 1. The number of hydroxylamine groups is 1. The first-order valence-corrected chi connectivity index (χ1v) is 8.91. The minimum absolute atomic E-state index is 0.367. The molecule has 1 aliphatic heterocycles. The van der Waals surface area contributed by atoms with Crippen molar-refractivity contribution in [3.63, 3.8) is 0 Å². The second-order valence-corrected chi connectivity index (χ2v) is 7.55. The van der Waals surface area contributed by atoms with Gasteiger partial charge in [-0.25, -0.2) is 4.79 Å². The summed E-state index contributed by atoms with van der Waals surface area (Å²) in [7, 11) is 2.01. The van der Waals surface area contributed by atoms with Crippen LogP contribution in [0, 0.1) is 0 Å². The maximum absolute atomic E-state index is 12.5. The Morgan fingerprint density at radius 2 is 1.73 bits per heavy atom. The molecule has 1 atom stereocenters. The molecule has 1 N–H and O–H groups in total. The number of ether oxygens (including phenoxy) is 1. The van der Waals surface area contributed by atoms with Crippen LogP contribution < -0.4 is 5.48 Å². The number of nitrogens with zero attached hydrogens (tertiary/aromatic N) is 2. The Morgan fingerprint density at radius 3 is 2.31 bits per heavy atom. The number of rotatable bonds is 5. The summed E-state index contributed by atoms with van der Waals surface area (Å²) >= 11 is 0. The summed E-state index contributed by atoms with van der Waals surface area (Å²) in [5, 5.41) is 0.